The van der Waals surface area contributed by atoms with Gasteiger partial charge in [-0.1, -0.05) is 32.9 Å². The highest BCUT2D eigenvalue weighted by Gasteiger charge is 2.64. The summed E-state index contributed by atoms with van der Waals surface area (Å²) in [5, 5.41) is 9.09. The number of aliphatic carboxylic acids is 1. The molecule has 5 nitrogen and oxygen atoms in total. The van der Waals surface area contributed by atoms with Crippen molar-refractivity contribution < 1.29 is 32.6 Å². The molecule has 0 spiro atoms. The number of alkyl halides is 3. The number of rotatable bonds is 4. The van der Waals surface area contributed by atoms with Crippen molar-refractivity contribution in [2.24, 2.45) is 5.41 Å². The quantitative estimate of drug-likeness (QED) is 0.857. The van der Waals surface area contributed by atoms with Gasteiger partial charge < -0.3 is 14.7 Å². The Morgan fingerprint density at radius 1 is 1.26 bits per heavy atom. The Balaban J connectivity index is 2.12. The number of hydrogen-bond donors (Lipinski definition) is 1. The van der Waals surface area contributed by atoms with Crippen LogP contribution >= 0.6 is 0 Å². The van der Waals surface area contributed by atoms with Crippen LogP contribution in [-0.2, 0) is 15.0 Å². The Morgan fingerprint density at radius 2 is 1.89 bits per heavy atom. The summed E-state index contributed by atoms with van der Waals surface area (Å²) in [4.78, 5) is 24.7. The van der Waals surface area contributed by atoms with Gasteiger partial charge in [0.05, 0.1) is 0 Å². The molecule has 0 aromatic heterocycles. The third-order valence-corrected chi connectivity index (χ3v) is 4.89. The zero-order valence-electron chi connectivity index (χ0n) is 15.8. The summed E-state index contributed by atoms with van der Waals surface area (Å²) in [5.41, 5.74) is -2.06. The maximum atomic E-state index is 13.3. The van der Waals surface area contributed by atoms with Gasteiger partial charge in [-0.25, -0.2) is 0 Å². The standard InChI is InChI=1S/C19H24F3NO4/c1-12(27-14-7-5-6-13(10-14)17(2,3)4)15(24)23-9-8-18(11-23,16(25)26)19(20,21)22/h5-7,10,12H,8-9,11H2,1-4H3,(H,25,26). The summed E-state index contributed by atoms with van der Waals surface area (Å²) in [5.74, 6) is -2.19. The van der Waals surface area contributed by atoms with E-state index >= 15 is 0 Å². The van der Waals surface area contributed by atoms with Crippen LogP contribution in [0.25, 0.3) is 0 Å². The highest BCUT2D eigenvalue weighted by Crippen LogP contribution is 2.45. The number of hydrogen-bond acceptors (Lipinski definition) is 3. The van der Waals surface area contributed by atoms with E-state index in [2.05, 4.69) is 0 Å². The molecule has 1 aliphatic rings. The molecule has 2 atom stereocenters. The summed E-state index contributed by atoms with van der Waals surface area (Å²) in [6.07, 6.45) is -6.62. The highest BCUT2D eigenvalue weighted by molar-refractivity contribution is 5.84. The molecule has 150 valence electrons. The molecule has 0 aliphatic carbocycles. The van der Waals surface area contributed by atoms with E-state index in [0.717, 1.165) is 10.5 Å². The molecule has 0 bridgehead atoms. The summed E-state index contributed by atoms with van der Waals surface area (Å²) in [6, 6.07) is 7.15. The predicted molar refractivity (Wildman–Crippen MR) is 92.6 cm³/mol. The Labute approximate surface area is 156 Å². The minimum Gasteiger partial charge on any atom is -0.481 e. The molecule has 1 fully saturated rings. The number of nitrogens with zero attached hydrogens (tertiary/aromatic N) is 1. The van der Waals surface area contributed by atoms with Crippen molar-refractivity contribution in [2.45, 2.75) is 51.8 Å². The molecule has 1 amide bonds. The van der Waals surface area contributed by atoms with Gasteiger partial charge in [-0.15, -0.1) is 0 Å². The molecule has 1 aliphatic heterocycles. The first-order valence-corrected chi connectivity index (χ1v) is 8.64. The second-order valence-electron chi connectivity index (χ2n) is 7.93. The fourth-order valence-electron chi connectivity index (χ4n) is 3.07. The van der Waals surface area contributed by atoms with Crippen LogP contribution in [0.1, 0.15) is 39.7 Å². The molecule has 0 saturated carbocycles. The van der Waals surface area contributed by atoms with Crippen molar-refractivity contribution in [3.8, 4) is 5.75 Å². The van der Waals surface area contributed by atoms with Crippen LogP contribution < -0.4 is 4.74 Å². The Kier molecular flexibility index (Phi) is 5.50. The van der Waals surface area contributed by atoms with Crippen molar-refractivity contribution in [1.82, 2.24) is 4.90 Å². The Hall–Kier alpha value is -2.25. The third-order valence-electron chi connectivity index (χ3n) is 4.89. The first-order valence-electron chi connectivity index (χ1n) is 8.64. The predicted octanol–water partition coefficient (Wildman–Crippen LogP) is 3.62. The second-order valence-corrected chi connectivity index (χ2v) is 7.93. The van der Waals surface area contributed by atoms with Crippen LogP contribution in [0.15, 0.2) is 24.3 Å². The lowest BCUT2D eigenvalue weighted by atomic mass is 9.86. The third kappa shape index (κ3) is 4.20. The highest BCUT2D eigenvalue weighted by atomic mass is 19.4. The van der Waals surface area contributed by atoms with Crippen LogP contribution in [0, 0.1) is 5.41 Å². The molecule has 1 aromatic rings. The van der Waals surface area contributed by atoms with Gasteiger partial charge in [-0.3, -0.25) is 9.59 Å². The van der Waals surface area contributed by atoms with Crippen molar-refractivity contribution in [2.75, 3.05) is 13.1 Å². The summed E-state index contributed by atoms with van der Waals surface area (Å²) in [6.45, 7) is 6.33. The van der Waals surface area contributed by atoms with Gasteiger partial charge in [0, 0.05) is 13.1 Å². The van der Waals surface area contributed by atoms with Crippen molar-refractivity contribution in [3.05, 3.63) is 29.8 Å². The van der Waals surface area contributed by atoms with Gasteiger partial charge in [-0.2, -0.15) is 13.2 Å². The van der Waals surface area contributed by atoms with E-state index < -0.39 is 42.5 Å². The van der Waals surface area contributed by atoms with Crippen LogP contribution in [0.3, 0.4) is 0 Å². The summed E-state index contributed by atoms with van der Waals surface area (Å²) in [7, 11) is 0. The maximum absolute atomic E-state index is 13.3. The minimum atomic E-state index is -4.93. The Bertz CT molecular complexity index is 726. The lowest BCUT2D eigenvalue weighted by Crippen LogP contribution is -2.49. The molecule has 1 saturated heterocycles. The minimum absolute atomic E-state index is 0.130. The van der Waals surface area contributed by atoms with Crippen molar-refractivity contribution in [1.29, 1.82) is 0 Å². The van der Waals surface area contributed by atoms with Crippen molar-refractivity contribution >= 4 is 11.9 Å². The number of carbonyl (C=O) groups is 2. The zero-order chi connectivity index (χ0) is 20.6. The van der Waals surface area contributed by atoms with E-state index in [-0.39, 0.29) is 12.0 Å². The monoisotopic (exact) mass is 387 g/mol. The van der Waals surface area contributed by atoms with Crippen LogP contribution in [0.5, 0.6) is 5.75 Å². The van der Waals surface area contributed by atoms with E-state index in [9.17, 15) is 22.8 Å². The van der Waals surface area contributed by atoms with Crippen molar-refractivity contribution in [3.63, 3.8) is 0 Å². The molecular weight excluding hydrogens is 363 g/mol. The van der Waals surface area contributed by atoms with Crippen LogP contribution in [0.4, 0.5) is 13.2 Å². The molecular formula is C19H24F3NO4. The maximum Gasteiger partial charge on any atom is 0.406 e. The van der Waals surface area contributed by atoms with Gasteiger partial charge in [0.1, 0.15) is 5.75 Å². The first kappa shape index (κ1) is 21.1. The number of carboxylic acids is 1. The largest absolute Gasteiger partial charge is 0.481 e. The smallest absolute Gasteiger partial charge is 0.406 e. The molecule has 1 heterocycles. The fourth-order valence-corrected chi connectivity index (χ4v) is 3.07. The molecule has 2 rings (SSSR count). The van der Waals surface area contributed by atoms with Crippen LogP contribution in [0.2, 0.25) is 0 Å². The summed E-state index contributed by atoms with van der Waals surface area (Å²) < 4.78 is 45.4. The van der Waals surface area contributed by atoms with E-state index in [4.69, 9.17) is 9.84 Å². The molecule has 0 radical (unpaired) electrons. The second kappa shape index (κ2) is 7.05. The van der Waals surface area contributed by atoms with E-state index in [0.29, 0.717) is 5.75 Å². The molecule has 2 unspecified atom stereocenters. The van der Waals surface area contributed by atoms with E-state index in [1.165, 1.54) is 6.92 Å². The van der Waals surface area contributed by atoms with Gasteiger partial charge in [0.25, 0.3) is 5.91 Å². The molecule has 1 N–H and O–H groups in total. The number of ether oxygens (including phenoxy) is 1. The number of carbonyl (C=O) groups excluding carboxylic acids is 1. The summed E-state index contributed by atoms with van der Waals surface area (Å²) >= 11 is 0. The lowest BCUT2D eigenvalue weighted by Gasteiger charge is -2.28. The average molecular weight is 387 g/mol. The SMILES string of the molecule is CC(Oc1cccc(C(C)(C)C)c1)C(=O)N1CCC(C(=O)O)(C(F)(F)F)C1. The van der Waals surface area contributed by atoms with Gasteiger partial charge in [0.2, 0.25) is 0 Å². The number of amides is 1. The van der Waals surface area contributed by atoms with Gasteiger partial charge >= 0.3 is 12.1 Å². The fraction of sp³-hybridized carbons (Fsp3) is 0.579. The van der Waals surface area contributed by atoms with E-state index in [1.54, 1.807) is 18.2 Å². The number of benzene rings is 1. The van der Waals surface area contributed by atoms with E-state index in [1.807, 2.05) is 26.8 Å². The topological polar surface area (TPSA) is 66.8 Å². The number of halogens is 3. The lowest BCUT2D eigenvalue weighted by molar-refractivity contribution is -0.227. The number of likely N-dealkylation sites (tertiary alicyclic amines) is 1. The first-order chi connectivity index (χ1) is 12.3. The van der Waals surface area contributed by atoms with Gasteiger partial charge in [0.15, 0.2) is 11.5 Å². The van der Waals surface area contributed by atoms with Gasteiger partial charge in [-0.05, 0) is 36.5 Å². The molecule has 8 heteroatoms. The average Bonchev–Trinajstić information content (AvgIpc) is 3.00. The zero-order valence-corrected chi connectivity index (χ0v) is 15.8. The van der Waals surface area contributed by atoms with Crippen LogP contribution in [-0.4, -0.2) is 47.3 Å². The number of carboxylic acid groups (broad SMARTS) is 1. The molecule has 1 aromatic carbocycles. The molecule has 27 heavy (non-hydrogen) atoms. The Morgan fingerprint density at radius 3 is 2.37 bits per heavy atom. The normalized spacial score (nSPS) is 21.8.